The number of likely N-dealkylation sites (tertiary alicyclic amines) is 1. The van der Waals surface area contributed by atoms with Gasteiger partial charge in [-0.05, 0) is 25.7 Å². The number of nitrogens with one attached hydrogen (secondary N) is 1. The van der Waals surface area contributed by atoms with Crippen LogP contribution in [-0.2, 0) is 14.3 Å². The highest BCUT2D eigenvalue weighted by molar-refractivity contribution is 14.0. The van der Waals surface area contributed by atoms with E-state index in [-0.39, 0.29) is 35.9 Å². The van der Waals surface area contributed by atoms with Gasteiger partial charge in [0.2, 0.25) is 0 Å². The van der Waals surface area contributed by atoms with Crippen molar-refractivity contribution >= 4 is 35.9 Å². The van der Waals surface area contributed by atoms with Crippen LogP contribution in [0.1, 0.15) is 33.6 Å². The minimum atomic E-state index is -0.0945. The van der Waals surface area contributed by atoms with Crippen molar-refractivity contribution in [3.05, 3.63) is 0 Å². The number of halogens is 1. The Morgan fingerprint density at radius 2 is 2.17 bits per heavy atom. The topological polar surface area (TPSA) is 63.2 Å². The lowest BCUT2D eigenvalue weighted by Gasteiger charge is -2.33. The van der Waals surface area contributed by atoms with Crippen molar-refractivity contribution in [1.82, 2.24) is 10.2 Å². The lowest BCUT2D eigenvalue weighted by molar-refractivity contribution is -0.149. The van der Waals surface area contributed by atoms with E-state index in [1.165, 1.54) is 0 Å². The van der Waals surface area contributed by atoms with Crippen LogP contribution in [0.2, 0.25) is 0 Å². The lowest BCUT2D eigenvalue weighted by atomic mass is 9.98. The maximum atomic E-state index is 11.9. The Morgan fingerprint density at radius 3 is 2.78 bits per heavy atom. The van der Waals surface area contributed by atoms with Crippen molar-refractivity contribution in [1.29, 1.82) is 0 Å². The van der Waals surface area contributed by atoms with Crippen molar-refractivity contribution in [2.24, 2.45) is 16.8 Å². The van der Waals surface area contributed by atoms with E-state index in [2.05, 4.69) is 29.1 Å². The Morgan fingerprint density at radius 1 is 1.43 bits per heavy atom. The molecule has 23 heavy (non-hydrogen) atoms. The van der Waals surface area contributed by atoms with Crippen LogP contribution in [0, 0.1) is 11.8 Å². The molecule has 1 heterocycles. The monoisotopic (exact) mass is 441 g/mol. The Labute approximate surface area is 157 Å². The zero-order valence-corrected chi connectivity index (χ0v) is 17.2. The number of ether oxygens (including phenoxy) is 2. The first-order valence-corrected chi connectivity index (χ1v) is 8.28. The standard InChI is InChI=1S/C16H31N3O3.HI/c1-5-22-15(20)14-7-6-9-19(11-14)16(17-4)18-8-10-21-12-13(2)3;/h13-14H,5-12H2,1-4H3,(H,17,18);1H. The first kappa shape index (κ1) is 22.4. The third-order valence-corrected chi connectivity index (χ3v) is 3.53. The predicted molar refractivity (Wildman–Crippen MR) is 103 cm³/mol. The summed E-state index contributed by atoms with van der Waals surface area (Å²) >= 11 is 0. The van der Waals surface area contributed by atoms with Crippen LogP contribution in [0.15, 0.2) is 4.99 Å². The predicted octanol–water partition coefficient (Wildman–Crippen LogP) is 2.13. The molecule has 1 N–H and O–H groups in total. The molecule has 0 amide bonds. The van der Waals surface area contributed by atoms with Gasteiger partial charge in [-0.2, -0.15) is 0 Å². The second-order valence-corrected chi connectivity index (χ2v) is 5.98. The van der Waals surface area contributed by atoms with Crippen LogP contribution in [0.4, 0.5) is 0 Å². The van der Waals surface area contributed by atoms with Gasteiger partial charge in [-0.25, -0.2) is 0 Å². The molecule has 0 aromatic rings. The Hall–Kier alpha value is -0.570. The summed E-state index contributed by atoms with van der Waals surface area (Å²) in [5.41, 5.74) is 0. The summed E-state index contributed by atoms with van der Waals surface area (Å²) in [7, 11) is 1.77. The summed E-state index contributed by atoms with van der Waals surface area (Å²) < 4.78 is 10.7. The molecule has 1 rings (SSSR count). The van der Waals surface area contributed by atoms with Crippen LogP contribution in [0.5, 0.6) is 0 Å². The molecular weight excluding hydrogens is 409 g/mol. The molecule has 1 aliphatic rings. The van der Waals surface area contributed by atoms with E-state index in [0.717, 1.165) is 38.5 Å². The highest BCUT2D eigenvalue weighted by Gasteiger charge is 2.28. The smallest absolute Gasteiger partial charge is 0.310 e. The summed E-state index contributed by atoms with van der Waals surface area (Å²) in [6.45, 7) is 10.3. The molecular formula is C16H32IN3O3. The molecule has 6 nitrogen and oxygen atoms in total. The molecule has 0 aliphatic carbocycles. The normalized spacial score (nSPS) is 18.6. The average Bonchev–Trinajstić information content (AvgIpc) is 2.51. The third-order valence-electron chi connectivity index (χ3n) is 3.53. The van der Waals surface area contributed by atoms with Gasteiger partial charge >= 0.3 is 5.97 Å². The second-order valence-electron chi connectivity index (χ2n) is 5.98. The second kappa shape index (κ2) is 12.8. The van der Waals surface area contributed by atoms with Crippen molar-refractivity contribution < 1.29 is 14.3 Å². The van der Waals surface area contributed by atoms with Gasteiger partial charge in [-0.15, -0.1) is 24.0 Å². The molecule has 0 saturated carbocycles. The number of piperidine rings is 1. The summed E-state index contributed by atoms with van der Waals surface area (Å²) in [4.78, 5) is 18.3. The highest BCUT2D eigenvalue weighted by Crippen LogP contribution is 2.17. The molecule has 1 unspecified atom stereocenters. The van der Waals surface area contributed by atoms with Crippen molar-refractivity contribution in [3.8, 4) is 0 Å². The minimum absolute atomic E-state index is 0. The molecule has 136 valence electrons. The van der Waals surface area contributed by atoms with Crippen molar-refractivity contribution in [2.75, 3.05) is 46.5 Å². The average molecular weight is 441 g/mol. The van der Waals surface area contributed by atoms with E-state index in [4.69, 9.17) is 9.47 Å². The summed E-state index contributed by atoms with van der Waals surface area (Å²) in [6.07, 6.45) is 1.87. The Bertz CT molecular complexity index is 364. The van der Waals surface area contributed by atoms with Crippen molar-refractivity contribution in [3.63, 3.8) is 0 Å². The maximum absolute atomic E-state index is 11.9. The molecule has 1 fully saturated rings. The number of rotatable bonds is 7. The van der Waals surface area contributed by atoms with E-state index in [0.29, 0.717) is 25.7 Å². The zero-order chi connectivity index (χ0) is 16.4. The van der Waals surface area contributed by atoms with Crippen LogP contribution < -0.4 is 5.32 Å². The fourth-order valence-corrected chi connectivity index (χ4v) is 2.51. The van der Waals surface area contributed by atoms with Gasteiger partial charge in [0.25, 0.3) is 0 Å². The fourth-order valence-electron chi connectivity index (χ4n) is 2.51. The molecule has 0 spiro atoms. The Balaban J connectivity index is 0.00000484. The molecule has 0 radical (unpaired) electrons. The van der Waals surface area contributed by atoms with Gasteiger partial charge in [0.05, 0.1) is 19.1 Å². The minimum Gasteiger partial charge on any atom is -0.466 e. The van der Waals surface area contributed by atoms with E-state index in [1.807, 2.05) is 6.92 Å². The number of hydrogen-bond donors (Lipinski definition) is 1. The van der Waals surface area contributed by atoms with E-state index < -0.39 is 0 Å². The van der Waals surface area contributed by atoms with Gasteiger partial charge in [-0.3, -0.25) is 9.79 Å². The number of esters is 1. The molecule has 1 atom stereocenters. The quantitative estimate of drug-likeness (QED) is 0.216. The van der Waals surface area contributed by atoms with Gasteiger partial charge in [0, 0.05) is 33.3 Å². The van der Waals surface area contributed by atoms with Crippen LogP contribution in [-0.4, -0.2) is 63.3 Å². The van der Waals surface area contributed by atoms with Gasteiger partial charge < -0.3 is 19.7 Å². The van der Waals surface area contributed by atoms with Crippen LogP contribution >= 0.6 is 24.0 Å². The van der Waals surface area contributed by atoms with E-state index >= 15 is 0 Å². The number of carbonyl (C=O) groups is 1. The SMILES string of the molecule is CCOC(=O)C1CCCN(C(=NC)NCCOCC(C)C)C1.I. The molecule has 0 aromatic heterocycles. The summed E-state index contributed by atoms with van der Waals surface area (Å²) in [5.74, 6) is 1.24. The molecule has 0 aromatic carbocycles. The molecule has 1 aliphatic heterocycles. The first-order valence-electron chi connectivity index (χ1n) is 8.28. The van der Waals surface area contributed by atoms with E-state index in [1.54, 1.807) is 7.05 Å². The molecule has 7 heteroatoms. The van der Waals surface area contributed by atoms with Crippen molar-refractivity contribution in [2.45, 2.75) is 33.6 Å². The van der Waals surface area contributed by atoms with Crippen LogP contribution in [0.3, 0.4) is 0 Å². The largest absolute Gasteiger partial charge is 0.466 e. The summed E-state index contributed by atoms with van der Waals surface area (Å²) in [5, 5.41) is 3.30. The molecule has 0 bridgehead atoms. The zero-order valence-electron chi connectivity index (χ0n) is 14.8. The Kier molecular flexibility index (Phi) is 12.5. The summed E-state index contributed by atoms with van der Waals surface area (Å²) in [6, 6.07) is 0. The van der Waals surface area contributed by atoms with Gasteiger partial charge in [-0.1, -0.05) is 13.8 Å². The third kappa shape index (κ3) is 8.74. The fraction of sp³-hybridized carbons (Fsp3) is 0.875. The highest BCUT2D eigenvalue weighted by atomic mass is 127. The number of guanidine groups is 1. The van der Waals surface area contributed by atoms with Gasteiger partial charge in [0.15, 0.2) is 5.96 Å². The first-order chi connectivity index (χ1) is 10.6. The van der Waals surface area contributed by atoms with Gasteiger partial charge in [0.1, 0.15) is 0 Å². The number of aliphatic imine (C=N–C) groups is 1. The number of hydrogen-bond acceptors (Lipinski definition) is 4. The van der Waals surface area contributed by atoms with E-state index in [9.17, 15) is 4.79 Å². The number of carbonyl (C=O) groups excluding carboxylic acids is 1. The van der Waals surface area contributed by atoms with Crippen LogP contribution in [0.25, 0.3) is 0 Å². The lowest BCUT2D eigenvalue weighted by Crippen LogP contribution is -2.48. The maximum Gasteiger partial charge on any atom is 0.310 e. The number of nitrogens with zero attached hydrogens (tertiary/aromatic N) is 2. The molecule has 1 saturated heterocycles.